The van der Waals surface area contributed by atoms with E-state index in [-0.39, 0.29) is 18.1 Å². The molecule has 0 radical (unpaired) electrons. The van der Waals surface area contributed by atoms with Gasteiger partial charge in [-0.15, -0.1) is 0 Å². The maximum Gasteiger partial charge on any atom is 0.410 e. The predicted molar refractivity (Wildman–Crippen MR) is 65.8 cm³/mol. The van der Waals surface area contributed by atoms with Crippen molar-refractivity contribution in [3.8, 4) is 0 Å². The topological polar surface area (TPSA) is 49.8 Å². The van der Waals surface area contributed by atoms with Crippen LogP contribution in [0.5, 0.6) is 0 Å². The molecule has 1 amide bonds. The van der Waals surface area contributed by atoms with Gasteiger partial charge >= 0.3 is 6.09 Å². The maximum atomic E-state index is 11.9. The lowest BCUT2D eigenvalue weighted by Gasteiger charge is -2.19. The molecule has 1 N–H and O–H groups in total. The van der Waals surface area contributed by atoms with E-state index in [9.17, 15) is 9.90 Å². The number of hydrogen-bond donors (Lipinski definition) is 1. The van der Waals surface area contributed by atoms with Gasteiger partial charge < -0.3 is 14.7 Å². The number of benzene rings is 1. The summed E-state index contributed by atoms with van der Waals surface area (Å²) in [6, 6.07) is 9.65. The van der Waals surface area contributed by atoms with E-state index < -0.39 is 0 Å². The van der Waals surface area contributed by atoms with Gasteiger partial charge in [0.05, 0.1) is 6.61 Å². The highest BCUT2D eigenvalue weighted by Gasteiger charge is 2.60. The van der Waals surface area contributed by atoms with Crippen molar-refractivity contribution in [2.75, 3.05) is 19.7 Å². The van der Waals surface area contributed by atoms with Crippen LogP contribution in [0.25, 0.3) is 0 Å². The molecule has 4 nitrogen and oxygen atoms in total. The van der Waals surface area contributed by atoms with Crippen LogP contribution in [0.15, 0.2) is 30.3 Å². The predicted octanol–water partition coefficient (Wildman–Crippen LogP) is 1.64. The summed E-state index contributed by atoms with van der Waals surface area (Å²) < 4.78 is 5.28. The average Bonchev–Trinajstić information content (AvgIpc) is 2.99. The number of hydrogen-bond acceptors (Lipinski definition) is 3. The zero-order valence-electron chi connectivity index (χ0n) is 10.2. The molecule has 0 bridgehead atoms. The van der Waals surface area contributed by atoms with Gasteiger partial charge in [0.25, 0.3) is 0 Å². The largest absolute Gasteiger partial charge is 0.445 e. The van der Waals surface area contributed by atoms with Crippen molar-refractivity contribution in [1.82, 2.24) is 4.90 Å². The van der Waals surface area contributed by atoms with Gasteiger partial charge in [0, 0.05) is 18.5 Å². The van der Waals surface area contributed by atoms with E-state index >= 15 is 0 Å². The van der Waals surface area contributed by atoms with E-state index in [4.69, 9.17) is 4.74 Å². The van der Waals surface area contributed by atoms with Crippen molar-refractivity contribution in [2.24, 2.45) is 11.3 Å². The molecule has 1 aliphatic carbocycles. The summed E-state index contributed by atoms with van der Waals surface area (Å²) in [4.78, 5) is 13.6. The summed E-state index contributed by atoms with van der Waals surface area (Å²) in [6.07, 6.45) is 0.783. The van der Waals surface area contributed by atoms with Crippen LogP contribution >= 0.6 is 0 Å². The monoisotopic (exact) mass is 247 g/mol. The summed E-state index contributed by atoms with van der Waals surface area (Å²) in [5.74, 6) is 0.478. The van der Waals surface area contributed by atoms with Crippen molar-refractivity contribution < 1.29 is 14.6 Å². The number of likely N-dealkylation sites (tertiary alicyclic amines) is 1. The van der Waals surface area contributed by atoms with Gasteiger partial charge in [-0.2, -0.15) is 0 Å². The number of carbonyl (C=O) groups is 1. The molecule has 2 aliphatic rings. The summed E-state index contributed by atoms with van der Waals surface area (Å²) in [7, 11) is 0. The minimum absolute atomic E-state index is 0.00817. The van der Waals surface area contributed by atoms with Crippen molar-refractivity contribution in [3.63, 3.8) is 0 Å². The van der Waals surface area contributed by atoms with Crippen LogP contribution in [0, 0.1) is 11.3 Å². The summed E-state index contributed by atoms with van der Waals surface area (Å²) in [6.45, 7) is 1.86. The van der Waals surface area contributed by atoms with Crippen LogP contribution in [0.3, 0.4) is 0 Å². The molecule has 1 aromatic carbocycles. The fraction of sp³-hybridized carbons (Fsp3) is 0.500. The Morgan fingerprint density at radius 1 is 1.44 bits per heavy atom. The number of rotatable bonds is 3. The molecular formula is C14H17NO3. The van der Waals surface area contributed by atoms with Gasteiger partial charge in [0.2, 0.25) is 0 Å². The fourth-order valence-corrected chi connectivity index (χ4v) is 2.79. The van der Waals surface area contributed by atoms with E-state index in [1.807, 2.05) is 30.3 Å². The maximum absolute atomic E-state index is 11.9. The number of carbonyl (C=O) groups excluding carboxylic acids is 1. The van der Waals surface area contributed by atoms with E-state index in [0.29, 0.717) is 19.1 Å². The van der Waals surface area contributed by atoms with E-state index in [1.165, 1.54) is 0 Å². The number of nitrogens with zero attached hydrogens (tertiary/aromatic N) is 1. The first kappa shape index (κ1) is 11.5. The second-order valence-electron chi connectivity index (χ2n) is 5.34. The van der Waals surface area contributed by atoms with E-state index in [2.05, 4.69) is 0 Å². The molecule has 4 heteroatoms. The van der Waals surface area contributed by atoms with Crippen molar-refractivity contribution in [3.05, 3.63) is 35.9 Å². The first-order chi connectivity index (χ1) is 8.73. The van der Waals surface area contributed by atoms with Crippen LogP contribution in [-0.4, -0.2) is 35.8 Å². The third-order valence-corrected chi connectivity index (χ3v) is 4.08. The molecule has 1 aromatic rings. The Balaban J connectivity index is 1.51. The molecule has 1 saturated heterocycles. The van der Waals surface area contributed by atoms with Crippen LogP contribution < -0.4 is 0 Å². The van der Waals surface area contributed by atoms with Crippen LogP contribution in [0.4, 0.5) is 4.79 Å². The first-order valence-corrected chi connectivity index (χ1v) is 6.30. The second-order valence-corrected chi connectivity index (χ2v) is 5.34. The number of ether oxygens (including phenoxy) is 1. The van der Waals surface area contributed by atoms with Crippen molar-refractivity contribution in [1.29, 1.82) is 0 Å². The molecule has 1 heterocycles. The summed E-state index contributed by atoms with van der Waals surface area (Å²) in [5, 5.41) is 9.30. The number of aliphatic hydroxyl groups excluding tert-OH is 1. The van der Waals surface area contributed by atoms with Crippen LogP contribution in [-0.2, 0) is 11.3 Å². The number of amides is 1. The molecule has 1 aliphatic heterocycles. The normalized spacial score (nSPS) is 28.9. The Bertz CT molecular complexity index is 444. The first-order valence-electron chi connectivity index (χ1n) is 6.30. The molecule has 1 unspecified atom stereocenters. The highest BCUT2D eigenvalue weighted by atomic mass is 16.6. The SMILES string of the molecule is O=C(OCc1ccccc1)N1CC2C[C@@]2(CO)C1. The van der Waals surface area contributed by atoms with Gasteiger partial charge in [-0.3, -0.25) is 0 Å². The molecular weight excluding hydrogens is 230 g/mol. The summed E-state index contributed by atoms with van der Waals surface area (Å²) in [5.41, 5.74) is 0.984. The Labute approximate surface area is 106 Å². The Kier molecular flexibility index (Phi) is 2.74. The highest BCUT2D eigenvalue weighted by molar-refractivity contribution is 5.68. The van der Waals surface area contributed by atoms with Gasteiger partial charge in [-0.05, 0) is 17.9 Å². The molecule has 2 atom stereocenters. The van der Waals surface area contributed by atoms with Gasteiger partial charge in [0.15, 0.2) is 0 Å². The van der Waals surface area contributed by atoms with E-state index in [1.54, 1.807) is 4.90 Å². The zero-order valence-corrected chi connectivity index (χ0v) is 10.2. The minimum Gasteiger partial charge on any atom is -0.445 e. The Hall–Kier alpha value is -1.55. The number of fused-ring (bicyclic) bond motifs is 1. The highest BCUT2D eigenvalue weighted by Crippen LogP contribution is 2.57. The molecule has 0 spiro atoms. The lowest BCUT2D eigenvalue weighted by Crippen LogP contribution is -2.33. The lowest BCUT2D eigenvalue weighted by molar-refractivity contribution is 0.0945. The minimum atomic E-state index is -0.265. The van der Waals surface area contributed by atoms with Gasteiger partial charge in [-0.25, -0.2) is 4.79 Å². The van der Waals surface area contributed by atoms with Gasteiger partial charge in [0.1, 0.15) is 6.61 Å². The standard InChI is InChI=1S/C14H17NO3/c16-10-14-6-12(14)7-15(9-14)13(17)18-8-11-4-2-1-3-5-11/h1-5,12,16H,6-10H2/t12?,14-/m0/s1. The smallest absolute Gasteiger partial charge is 0.410 e. The Morgan fingerprint density at radius 3 is 2.89 bits per heavy atom. The number of piperidine rings is 1. The average molecular weight is 247 g/mol. The fourth-order valence-electron chi connectivity index (χ4n) is 2.79. The molecule has 0 aromatic heterocycles. The van der Waals surface area contributed by atoms with Crippen LogP contribution in [0.2, 0.25) is 0 Å². The molecule has 1 saturated carbocycles. The molecule has 18 heavy (non-hydrogen) atoms. The summed E-state index contributed by atoms with van der Waals surface area (Å²) >= 11 is 0. The molecule has 96 valence electrons. The third kappa shape index (κ3) is 1.97. The van der Waals surface area contributed by atoms with Crippen molar-refractivity contribution >= 4 is 6.09 Å². The van der Waals surface area contributed by atoms with Crippen molar-refractivity contribution in [2.45, 2.75) is 13.0 Å². The molecule has 2 fully saturated rings. The quantitative estimate of drug-likeness (QED) is 0.883. The van der Waals surface area contributed by atoms with E-state index in [0.717, 1.165) is 18.5 Å². The zero-order chi connectivity index (χ0) is 12.6. The Morgan fingerprint density at radius 2 is 2.22 bits per heavy atom. The molecule has 3 rings (SSSR count). The lowest BCUT2D eigenvalue weighted by atomic mass is 10.1. The van der Waals surface area contributed by atoms with Gasteiger partial charge in [-0.1, -0.05) is 30.3 Å². The van der Waals surface area contributed by atoms with Crippen LogP contribution in [0.1, 0.15) is 12.0 Å². The second kappa shape index (κ2) is 4.28. The number of aliphatic hydroxyl groups is 1. The third-order valence-electron chi connectivity index (χ3n) is 4.08.